The molecule has 0 saturated carbocycles. The van der Waals surface area contributed by atoms with Gasteiger partial charge in [0.15, 0.2) is 5.65 Å². The molecule has 138 valence electrons. The SMILES string of the molecule is CC(C)(C)N.CSc1ccc(Nc2ccn3ncc(C(=O)O)c3n2)cc1. The van der Waals surface area contributed by atoms with E-state index >= 15 is 0 Å². The Labute approximate surface area is 156 Å². The highest BCUT2D eigenvalue weighted by Gasteiger charge is 2.12. The van der Waals surface area contributed by atoms with Crippen molar-refractivity contribution in [3.63, 3.8) is 0 Å². The van der Waals surface area contributed by atoms with Gasteiger partial charge in [-0.3, -0.25) is 0 Å². The molecule has 0 aliphatic carbocycles. The minimum atomic E-state index is -1.04. The second-order valence-corrected chi connectivity index (χ2v) is 7.54. The quantitative estimate of drug-likeness (QED) is 0.600. The molecule has 0 aliphatic rings. The predicted octanol–water partition coefficient (Wildman–Crippen LogP) is 3.64. The predicted molar refractivity (Wildman–Crippen MR) is 105 cm³/mol. The molecule has 1 aromatic carbocycles. The second kappa shape index (κ2) is 8.20. The fraction of sp³-hybridized carbons (Fsp3) is 0.278. The number of nitrogens with one attached hydrogen (secondary N) is 1. The van der Waals surface area contributed by atoms with Gasteiger partial charge in [-0.1, -0.05) is 0 Å². The Hall–Kier alpha value is -2.58. The first-order chi connectivity index (χ1) is 12.2. The second-order valence-electron chi connectivity index (χ2n) is 6.66. The molecule has 8 heteroatoms. The molecule has 0 amide bonds. The lowest BCUT2D eigenvalue weighted by Gasteiger charge is -2.06. The lowest BCUT2D eigenvalue weighted by atomic mass is 10.1. The molecule has 0 saturated heterocycles. The summed E-state index contributed by atoms with van der Waals surface area (Å²) in [5, 5.41) is 16.2. The van der Waals surface area contributed by atoms with Crippen molar-refractivity contribution >= 4 is 34.9 Å². The van der Waals surface area contributed by atoms with Crippen molar-refractivity contribution in [2.45, 2.75) is 31.2 Å². The molecule has 4 N–H and O–H groups in total. The van der Waals surface area contributed by atoms with E-state index in [-0.39, 0.29) is 11.1 Å². The maximum Gasteiger partial charge on any atom is 0.341 e. The third-order valence-electron chi connectivity index (χ3n) is 2.96. The van der Waals surface area contributed by atoms with Crippen LogP contribution < -0.4 is 11.1 Å². The lowest BCUT2D eigenvalue weighted by Crippen LogP contribution is -2.26. The molecule has 2 aromatic heterocycles. The van der Waals surface area contributed by atoms with Gasteiger partial charge >= 0.3 is 5.97 Å². The van der Waals surface area contributed by atoms with Crippen LogP contribution in [0.25, 0.3) is 5.65 Å². The molecule has 0 spiro atoms. The average molecular weight is 373 g/mol. The maximum absolute atomic E-state index is 11.1. The van der Waals surface area contributed by atoms with Gasteiger partial charge in [0, 0.05) is 22.3 Å². The highest BCUT2D eigenvalue weighted by molar-refractivity contribution is 7.98. The van der Waals surface area contributed by atoms with Crippen LogP contribution in [0.15, 0.2) is 47.6 Å². The molecular weight excluding hydrogens is 350 g/mol. The Morgan fingerprint density at radius 1 is 1.23 bits per heavy atom. The molecule has 0 aliphatic heterocycles. The zero-order valence-electron chi connectivity index (χ0n) is 15.2. The van der Waals surface area contributed by atoms with Crippen molar-refractivity contribution in [1.82, 2.24) is 14.6 Å². The number of carboxylic acids is 1. The van der Waals surface area contributed by atoms with Crippen LogP contribution in [0.5, 0.6) is 0 Å². The summed E-state index contributed by atoms with van der Waals surface area (Å²) in [6, 6.07) is 9.66. The van der Waals surface area contributed by atoms with Gasteiger partial charge in [-0.2, -0.15) is 5.10 Å². The van der Waals surface area contributed by atoms with Crippen molar-refractivity contribution in [2.75, 3.05) is 11.6 Å². The molecule has 3 rings (SSSR count). The first-order valence-electron chi connectivity index (χ1n) is 7.95. The van der Waals surface area contributed by atoms with Crippen molar-refractivity contribution in [2.24, 2.45) is 5.73 Å². The van der Waals surface area contributed by atoms with Crippen LogP contribution in [0, 0.1) is 0 Å². The van der Waals surface area contributed by atoms with Crippen LogP contribution in [0.4, 0.5) is 11.5 Å². The van der Waals surface area contributed by atoms with Gasteiger partial charge in [-0.05, 0) is 57.4 Å². The molecule has 0 fully saturated rings. The lowest BCUT2D eigenvalue weighted by molar-refractivity contribution is 0.0699. The van der Waals surface area contributed by atoms with Crippen molar-refractivity contribution in [1.29, 1.82) is 0 Å². The van der Waals surface area contributed by atoms with Gasteiger partial charge in [-0.15, -0.1) is 11.8 Å². The highest BCUT2D eigenvalue weighted by Crippen LogP contribution is 2.20. The average Bonchev–Trinajstić information content (AvgIpc) is 2.97. The molecule has 0 radical (unpaired) electrons. The van der Waals surface area contributed by atoms with Gasteiger partial charge in [0.25, 0.3) is 0 Å². The van der Waals surface area contributed by atoms with E-state index < -0.39 is 5.97 Å². The number of rotatable bonds is 4. The van der Waals surface area contributed by atoms with Crippen LogP contribution in [0.2, 0.25) is 0 Å². The third kappa shape index (κ3) is 5.75. The van der Waals surface area contributed by atoms with Crippen LogP contribution in [0.1, 0.15) is 31.1 Å². The van der Waals surface area contributed by atoms with Crippen LogP contribution in [-0.4, -0.2) is 37.5 Å². The Kier molecular flexibility index (Phi) is 6.23. The topological polar surface area (TPSA) is 106 Å². The Morgan fingerprint density at radius 2 is 1.85 bits per heavy atom. The number of benzene rings is 1. The standard InChI is InChI=1S/C14H12N4O2S.C4H11N/c1-21-10-4-2-9(3-5-10)16-12-6-7-18-13(17-12)11(8-15-18)14(19)20;1-4(2,3)5/h2-8H,1H3,(H,16,17)(H,19,20);5H2,1-3H3. The van der Waals surface area contributed by atoms with Crippen molar-refractivity contribution < 1.29 is 9.90 Å². The minimum absolute atomic E-state index is 0. The highest BCUT2D eigenvalue weighted by atomic mass is 32.2. The van der Waals surface area contributed by atoms with E-state index in [0.29, 0.717) is 11.5 Å². The summed E-state index contributed by atoms with van der Waals surface area (Å²) in [7, 11) is 0. The monoisotopic (exact) mass is 373 g/mol. The van der Waals surface area contributed by atoms with Gasteiger partial charge in [-0.25, -0.2) is 14.3 Å². The summed E-state index contributed by atoms with van der Waals surface area (Å²) in [5.41, 5.74) is 6.64. The largest absolute Gasteiger partial charge is 0.477 e. The number of nitrogens with two attached hydrogens (primary N) is 1. The van der Waals surface area contributed by atoms with E-state index in [1.54, 1.807) is 24.0 Å². The van der Waals surface area contributed by atoms with E-state index in [9.17, 15) is 4.79 Å². The molecule has 2 heterocycles. The minimum Gasteiger partial charge on any atom is -0.477 e. The number of hydrogen-bond donors (Lipinski definition) is 3. The number of carbonyl (C=O) groups is 1. The van der Waals surface area contributed by atoms with Crippen molar-refractivity contribution in [3.8, 4) is 0 Å². The zero-order valence-corrected chi connectivity index (χ0v) is 16.0. The summed E-state index contributed by atoms with van der Waals surface area (Å²) in [4.78, 5) is 16.6. The molecule has 0 unspecified atom stereocenters. The van der Waals surface area contributed by atoms with E-state index in [1.165, 1.54) is 15.6 Å². The number of anilines is 2. The first kappa shape index (κ1) is 19.7. The summed E-state index contributed by atoms with van der Waals surface area (Å²) in [5.74, 6) is -0.471. The van der Waals surface area contributed by atoms with Gasteiger partial charge in [0.2, 0.25) is 0 Å². The fourth-order valence-corrected chi connectivity index (χ4v) is 2.32. The van der Waals surface area contributed by atoms with E-state index in [1.807, 2.05) is 51.3 Å². The van der Waals surface area contributed by atoms with Crippen LogP contribution >= 0.6 is 11.8 Å². The number of nitrogens with zero attached hydrogens (tertiary/aromatic N) is 3. The van der Waals surface area contributed by atoms with Crippen LogP contribution in [-0.2, 0) is 0 Å². The number of aromatic nitrogens is 3. The number of fused-ring (bicyclic) bond motifs is 1. The molecule has 0 atom stereocenters. The van der Waals surface area contributed by atoms with E-state index in [4.69, 9.17) is 10.8 Å². The molecule has 0 bridgehead atoms. The molecule has 7 nitrogen and oxygen atoms in total. The summed E-state index contributed by atoms with van der Waals surface area (Å²) in [6.07, 6.45) is 4.99. The van der Waals surface area contributed by atoms with Crippen molar-refractivity contribution in [3.05, 3.63) is 48.3 Å². The normalized spacial score (nSPS) is 11.0. The molecule has 3 aromatic rings. The summed E-state index contributed by atoms with van der Waals surface area (Å²) >= 11 is 1.67. The first-order valence-corrected chi connectivity index (χ1v) is 9.17. The Morgan fingerprint density at radius 3 is 2.38 bits per heavy atom. The maximum atomic E-state index is 11.1. The third-order valence-corrected chi connectivity index (χ3v) is 3.71. The summed E-state index contributed by atoms with van der Waals surface area (Å²) < 4.78 is 1.44. The van der Waals surface area contributed by atoms with E-state index in [2.05, 4.69) is 15.4 Å². The smallest absolute Gasteiger partial charge is 0.341 e. The number of carboxylic acid groups (broad SMARTS) is 1. The van der Waals surface area contributed by atoms with Gasteiger partial charge in [0.1, 0.15) is 11.4 Å². The van der Waals surface area contributed by atoms with Gasteiger partial charge in [0.05, 0.1) is 6.20 Å². The van der Waals surface area contributed by atoms with E-state index in [0.717, 1.165) is 5.69 Å². The number of thioether (sulfide) groups is 1. The number of hydrogen-bond acceptors (Lipinski definition) is 6. The number of aromatic carboxylic acids is 1. The van der Waals surface area contributed by atoms with Gasteiger partial charge < -0.3 is 16.2 Å². The van der Waals surface area contributed by atoms with Crippen LogP contribution in [0.3, 0.4) is 0 Å². The fourth-order valence-electron chi connectivity index (χ4n) is 1.91. The molecular formula is C18H23N5O2S. The summed E-state index contributed by atoms with van der Waals surface area (Å²) in [6.45, 7) is 5.90. The molecule has 26 heavy (non-hydrogen) atoms. The zero-order chi connectivity index (χ0) is 19.3. The Balaban J connectivity index is 0.000000431. The Bertz CT molecular complexity index is 879.